The van der Waals surface area contributed by atoms with E-state index in [-0.39, 0.29) is 0 Å². The van der Waals surface area contributed by atoms with Crippen LogP contribution in [0.3, 0.4) is 0 Å². The SMILES string of the molecule is CCC[C@H](C)[C@@H](CO)C(C)C. The third-order valence-electron chi connectivity index (χ3n) is 2.54. The predicted octanol–water partition coefficient (Wildman–Crippen LogP) is 2.69. The molecule has 0 aliphatic rings. The zero-order valence-corrected chi connectivity index (χ0v) is 8.30. The van der Waals surface area contributed by atoms with Crippen molar-refractivity contribution in [1.82, 2.24) is 0 Å². The van der Waals surface area contributed by atoms with E-state index >= 15 is 0 Å². The molecule has 0 heterocycles. The van der Waals surface area contributed by atoms with Gasteiger partial charge in [0.2, 0.25) is 0 Å². The van der Waals surface area contributed by atoms with Crippen LogP contribution in [0.15, 0.2) is 0 Å². The van der Waals surface area contributed by atoms with Gasteiger partial charge in [0.1, 0.15) is 0 Å². The van der Waals surface area contributed by atoms with Gasteiger partial charge in [-0.05, 0) is 17.8 Å². The molecule has 0 aromatic rings. The highest BCUT2D eigenvalue weighted by molar-refractivity contribution is 4.68. The number of rotatable bonds is 5. The molecular weight excluding hydrogens is 136 g/mol. The molecule has 1 nitrogen and oxygen atoms in total. The summed E-state index contributed by atoms with van der Waals surface area (Å²) in [6.45, 7) is 9.16. The summed E-state index contributed by atoms with van der Waals surface area (Å²) in [4.78, 5) is 0. The van der Waals surface area contributed by atoms with Gasteiger partial charge >= 0.3 is 0 Å². The first-order valence-electron chi connectivity index (χ1n) is 4.74. The highest BCUT2D eigenvalue weighted by Crippen LogP contribution is 2.23. The molecule has 0 radical (unpaired) electrons. The minimum Gasteiger partial charge on any atom is -0.396 e. The zero-order valence-electron chi connectivity index (χ0n) is 8.30. The van der Waals surface area contributed by atoms with Crippen LogP contribution in [0.4, 0.5) is 0 Å². The first-order valence-corrected chi connectivity index (χ1v) is 4.74. The summed E-state index contributed by atoms with van der Waals surface area (Å²) in [6, 6.07) is 0. The lowest BCUT2D eigenvalue weighted by Gasteiger charge is -2.24. The van der Waals surface area contributed by atoms with E-state index in [9.17, 15) is 0 Å². The lowest BCUT2D eigenvalue weighted by atomic mass is 9.83. The van der Waals surface area contributed by atoms with E-state index in [0.29, 0.717) is 24.4 Å². The highest BCUT2D eigenvalue weighted by Gasteiger charge is 2.18. The molecular formula is C10H22O. The third-order valence-corrected chi connectivity index (χ3v) is 2.54. The summed E-state index contributed by atoms with van der Waals surface area (Å²) in [5.41, 5.74) is 0. The second-order valence-electron chi connectivity index (χ2n) is 3.86. The van der Waals surface area contributed by atoms with Crippen LogP contribution in [0.25, 0.3) is 0 Å². The molecule has 1 heteroatoms. The molecule has 0 fully saturated rings. The molecule has 0 aliphatic carbocycles. The zero-order chi connectivity index (χ0) is 8.85. The molecule has 0 unspecified atom stereocenters. The van der Waals surface area contributed by atoms with Crippen LogP contribution in [0.5, 0.6) is 0 Å². The van der Waals surface area contributed by atoms with Crippen LogP contribution >= 0.6 is 0 Å². The van der Waals surface area contributed by atoms with Gasteiger partial charge in [-0.3, -0.25) is 0 Å². The quantitative estimate of drug-likeness (QED) is 0.652. The van der Waals surface area contributed by atoms with Gasteiger partial charge in [0, 0.05) is 6.61 Å². The van der Waals surface area contributed by atoms with E-state index in [1.54, 1.807) is 0 Å². The van der Waals surface area contributed by atoms with Gasteiger partial charge in [0.05, 0.1) is 0 Å². The Morgan fingerprint density at radius 3 is 2.00 bits per heavy atom. The van der Waals surface area contributed by atoms with E-state index in [4.69, 9.17) is 5.11 Å². The van der Waals surface area contributed by atoms with Gasteiger partial charge in [0.25, 0.3) is 0 Å². The Morgan fingerprint density at radius 1 is 1.18 bits per heavy atom. The highest BCUT2D eigenvalue weighted by atomic mass is 16.3. The summed E-state index contributed by atoms with van der Waals surface area (Å²) in [5, 5.41) is 9.09. The van der Waals surface area contributed by atoms with Gasteiger partial charge in [0.15, 0.2) is 0 Å². The van der Waals surface area contributed by atoms with Crippen molar-refractivity contribution in [3.05, 3.63) is 0 Å². The summed E-state index contributed by atoms with van der Waals surface area (Å²) in [5.74, 6) is 1.78. The first-order chi connectivity index (χ1) is 5.13. The summed E-state index contributed by atoms with van der Waals surface area (Å²) in [7, 11) is 0. The summed E-state index contributed by atoms with van der Waals surface area (Å²) >= 11 is 0. The molecule has 1 N–H and O–H groups in total. The summed E-state index contributed by atoms with van der Waals surface area (Å²) in [6.07, 6.45) is 2.47. The van der Waals surface area contributed by atoms with Crippen molar-refractivity contribution in [3.8, 4) is 0 Å². The molecule has 0 spiro atoms. The Kier molecular flexibility index (Phi) is 5.57. The molecule has 0 rings (SSSR count). The van der Waals surface area contributed by atoms with E-state index in [1.165, 1.54) is 12.8 Å². The molecule has 0 aromatic heterocycles. The minimum absolute atomic E-state index is 0.346. The van der Waals surface area contributed by atoms with Gasteiger partial charge in [-0.15, -0.1) is 0 Å². The van der Waals surface area contributed by atoms with E-state index in [1.807, 2.05) is 0 Å². The second-order valence-corrected chi connectivity index (χ2v) is 3.86. The molecule has 0 saturated heterocycles. The molecule has 0 bridgehead atoms. The van der Waals surface area contributed by atoms with Gasteiger partial charge in [-0.1, -0.05) is 40.5 Å². The third kappa shape index (κ3) is 3.76. The molecule has 0 aromatic carbocycles. The molecule has 0 saturated carbocycles. The lowest BCUT2D eigenvalue weighted by Crippen LogP contribution is -2.21. The molecule has 68 valence electrons. The van der Waals surface area contributed by atoms with Crippen molar-refractivity contribution in [1.29, 1.82) is 0 Å². The Labute approximate surface area is 70.8 Å². The average Bonchev–Trinajstić information content (AvgIpc) is 1.88. The fourth-order valence-electron chi connectivity index (χ4n) is 1.72. The van der Waals surface area contributed by atoms with Crippen LogP contribution in [0, 0.1) is 17.8 Å². The number of hydrogen-bond acceptors (Lipinski definition) is 1. The number of aliphatic hydroxyl groups is 1. The maximum absolute atomic E-state index is 9.09. The standard InChI is InChI=1S/C10H22O/c1-5-6-9(4)10(7-11)8(2)3/h8-11H,5-7H2,1-4H3/t9-,10-/m0/s1. The topological polar surface area (TPSA) is 20.2 Å². The molecule has 0 amide bonds. The van der Waals surface area contributed by atoms with Crippen molar-refractivity contribution in [3.63, 3.8) is 0 Å². The molecule has 11 heavy (non-hydrogen) atoms. The summed E-state index contributed by atoms with van der Waals surface area (Å²) < 4.78 is 0. The van der Waals surface area contributed by atoms with Crippen molar-refractivity contribution in [2.75, 3.05) is 6.61 Å². The average molecular weight is 158 g/mol. The van der Waals surface area contributed by atoms with Gasteiger partial charge in [-0.25, -0.2) is 0 Å². The molecule has 0 aliphatic heterocycles. The van der Waals surface area contributed by atoms with Crippen LogP contribution in [0.2, 0.25) is 0 Å². The first kappa shape index (κ1) is 11.0. The normalized spacial score (nSPS) is 16.9. The van der Waals surface area contributed by atoms with Crippen molar-refractivity contribution < 1.29 is 5.11 Å². The largest absolute Gasteiger partial charge is 0.396 e. The smallest absolute Gasteiger partial charge is 0.0464 e. The second kappa shape index (κ2) is 5.59. The number of hydrogen-bond donors (Lipinski definition) is 1. The van der Waals surface area contributed by atoms with Gasteiger partial charge < -0.3 is 5.11 Å². The van der Waals surface area contributed by atoms with Crippen LogP contribution in [0.1, 0.15) is 40.5 Å². The van der Waals surface area contributed by atoms with Gasteiger partial charge in [-0.2, -0.15) is 0 Å². The fraction of sp³-hybridized carbons (Fsp3) is 1.00. The predicted molar refractivity (Wildman–Crippen MR) is 49.5 cm³/mol. The van der Waals surface area contributed by atoms with Crippen molar-refractivity contribution in [2.45, 2.75) is 40.5 Å². The van der Waals surface area contributed by atoms with E-state index in [0.717, 1.165) is 0 Å². The monoisotopic (exact) mass is 158 g/mol. The van der Waals surface area contributed by atoms with E-state index in [2.05, 4.69) is 27.7 Å². The maximum atomic E-state index is 9.09. The lowest BCUT2D eigenvalue weighted by molar-refractivity contribution is 0.137. The Bertz CT molecular complexity index is 88.9. The van der Waals surface area contributed by atoms with Crippen LogP contribution < -0.4 is 0 Å². The van der Waals surface area contributed by atoms with E-state index < -0.39 is 0 Å². The Hall–Kier alpha value is -0.0400. The van der Waals surface area contributed by atoms with Crippen LogP contribution in [-0.2, 0) is 0 Å². The Morgan fingerprint density at radius 2 is 1.73 bits per heavy atom. The van der Waals surface area contributed by atoms with Crippen LogP contribution in [-0.4, -0.2) is 11.7 Å². The van der Waals surface area contributed by atoms with Crippen molar-refractivity contribution in [2.24, 2.45) is 17.8 Å². The Balaban J connectivity index is 3.81. The fourth-order valence-corrected chi connectivity index (χ4v) is 1.72. The van der Waals surface area contributed by atoms with Crippen molar-refractivity contribution >= 4 is 0 Å². The minimum atomic E-state index is 0.346. The number of aliphatic hydroxyl groups excluding tert-OH is 1. The molecule has 2 atom stereocenters. The maximum Gasteiger partial charge on any atom is 0.0464 e.